The number of rotatable bonds is 7. The minimum Gasteiger partial charge on any atom is -0.480 e. The molecule has 1 aliphatic rings. The number of unbranched alkanes of at least 4 members (excludes halogenated alkanes) is 1. The summed E-state index contributed by atoms with van der Waals surface area (Å²) in [4.78, 5) is 13.6. The molecule has 1 atom stereocenters. The molecule has 1 heterocycles. The second-order valence-electron chi connectivity index (χ2n) is 6.12. The van der Waals surface area contributed by atoms with E-state index in [0.29, 0.717) is 12.0 Å². The van der Waals surface area contributed by atoms with E-state index in [0.717, 1.165) is 44.5 Å². The van der Waals surface area contributed by atoms with E-state index in [9.17, 15) is 9.90 Å². The SMILES string of the molecule is CCCC[C@H](NC1CCN(c2ccc(C#N)cc2)CC1)C(=O)O. The monoisotopic (exact) mass is 315 g/mol. The van der Waals surface area contributed by atoms with Gasteiger partial charge in [-0.05, 0) is 43.5 Å². The van der Waals surface area contributed by atoms with Gasteiger partial charge in [-0.1, -0.05) is 19.8 Å². The van der Waals surface area contributed by atoms with Crippen LogP contribution in [0.25, 0.3) is 0 Å². The Bertz CT molecular complexity index is 542. The van der Waals surface area contributed by atoms with Gasteiger partial charge in [-0.25, -0.2) is 0 Å². The second-order valence-corrected chi connectivity index (χ2v) is 6.12. The van der Waals surface area contributed by atoms with E-state index in [4.69, 9.17) is 5.26 Å². The number of hydrogen-bond donors (Lipinski definition) is 2. The van der Waals surface area contributed by atoms with Crippen molar-refractivity contribution in [1.29, 1.82) is 5.26 Å². The van der Waals surface area contributed by atoms with E-state index in [-0.39, 0.29) is 6.04 Å². The van der Waals surface area contributed by atoms with Crippen molar-refractivity contribution >= 4 is 11.7 Å². The molecule has 5 heteroatoms. The average Bonchev–Trinajstić information content (AvgIpc) is 2.59. The van der Waals surface area contributed by atoms with Gasteiger partial charge in [-0.15, -0.1) is 0 Å². The smallest absolute Gasteiger partial charge is 0.320 e. The first kappa shape index (κ1) is 17.3. The number of nitrogens with zero attached hydrogens (tertiary/aromatic N) is 2. The Kier molecular flexibility index (Phi) is 6.42. The van der Waals surface area contributed by atoms with Crippen LogP contribution >= 0.6 is 0 Å². The van der Waals surface area contributed by atoms with Gasteiger partial charge in [0.15, 0.2) is 0 Å². The molecule has 0 spiro atoms. The van der Waals surface area contributed by atoms with Crippen LogP contribution in [-0.2, 0) is 4.79 Å². The molecule has 0 amide bonds. The van der Waals surface area contributed by atoms with E-state index < -0.39 is 12.0 Å². The minimum absolute atomic E-state index is 0.266. The van der Waals surface area contributed by atoms with Crippen molar-refractivity contribution in [1.82, 2.24) is 5.32 Å². The molecule has 2 rings (SSSR count). The number of carboxylic acids is 1. The number of benzene rings is 1. The number of nitrogens with one attached hydrogen (secondary N) is 1. The van der Waals surface area contributed by atoms with E-state index in [1.54, 1.807) is 0 Å². The predicted octanol–water partition coefficient (Wildman–Crippen LogP) is 2.76. The second kappa shape index (κ2) is 8.54. The summed E-state index contributed by atoms with van der Waals surface area (Å²) in [7, 11) is 0. The van der Waals surface area contributed by atoms with E-state index in [1.165, 1.54) is 0 Å². The number of carboxylic acid groups (broad SMARTS) is 1. The van der Waals surface area contributed by atoms with Crippen molar-refractivity contribution < 1.29 is 9.90 Å². The molecule has 0 aromatic heterocycles. The zero-order valence-corrected chi connectivity index (χ0v) is 13.7. The zero-order chi connectivity index (χ0) is 16.7. The van der Waals surface area contributed by atoms with Crippen LogP contribution in [-0.4, -0.2) is 36.2 Å². The standard InChI is InChI=1S/C18H25N3O2/c1-2-3-4-17(18(22)23)20-15-9-11-21(12-10-15)16-7-5-14(13-19)6-8-16/h5-8,15,17,20H,2-4,9-12H2,1H3,(H,22,23)/t17-/m0/s1. The molecular formula is C18H25N3O2. The van der Waals surface area contributed by atoms with Crippen LogP contribution in [0.2, 0.25) is 0 Å². The van der Waals surface area contributed by atoms with Crippen molar-refractivity contribution in [2.45, 2.75) is 51.1 Å². The molecule has 0 saturated carbocycles. The van der Waals surface area contributed by atoms with Gasteiger partial charge in [-0.2, -0.15) is 5.26 Å². The molecule has 1 aliphatic heterocycles. The van der Waals surface area contributed by atoms with Gasteiger partial charge in [-0.3, -0.25) is 4.79 Å². The highest BCUT2D eigenvalue weighted by molar-refractivity contribution is 5.73. The summed E-state index contributed by atoms with van der Waals surface area (Å²) in [5.74, 6) is -0.743. The highest BCUT2D eigenvalue weighted by atomic mass is 16.4. The molecule has 1 aromatic carbocycles. The summed E-state index contributed by atoms with van der Waals surface area (Å²) in [6, 6.07) is 9.60. The fraction of sp³-hybridized carbons (Fsp3) is 0.556. The lowest BCUT2D eigenvalue weighted by Crippen LogP contribution is -2.48. The molecular weight excluding hydrogens is 290 g/mol. The van der Waals surface area contributed by atoms with Crippen molar-refractivity contribution in [2.24, 2.45) is 0 Å². The summed E-state index contributed by atoms with van der Waals surface area (Å²) in [6.45, 7) is 3.89. The molecule has 23 heavy (non-hydrogen) atoms. The van der Waals surface area contributed by atoms with Crippen molar-refractivity contribution in [3.63, 3.8) is 0 Å². The molecule has 0 bridgehead atoms. The summed E-state index contributed by atoms with van der Waals surface area (Å²) >= 11 is 0. The van der Waals surface area contributed by atoms with Crippen LogP contribution in [0.1, 0.15) is 44.6 Å². The van der Waals surface area contributed by atoms with Crippen molar-refractivity contribution in [2.75, 3.05) is 18.0 Å². The summed E-state index contributed by atoms with van der Waals surface area (Å²) < 4.78 is 0. The highest BCUT2D eigenvalue weighted by Gasteiger charge is 2.24. The Hall–Kier alpha value is -2.06. The van der Waals surface area contributed by atoms with Gasteiger partial charge in [0.25, 0.3) is 0 Å². The molecule has 1 aromatic rings. The van der Waals surface area contributed by atoms with Crippen LogP contribution in [0.15, 0.2) is 24.3 Å². The Morgan fingerprint density at radius 1 is 1.39 bits per heavy atom. The summed E-state index contributed by atoms with van der Waals surface area (Å²) in [5, 5.41) is 21.5. The number of piperidine rings is 1. The van der Waals surface area contributed by atoms with Crippen molar-refractivity contribution in [3.8, 4) is 6.07 Å². The molecule has 5 nitrogen and oxygen atoms in total. The number of nitriles is 1. The molecule has 124 valence electrons. The van der Waals surface area contributed by atoms with Crippen LogP contribution < -0.4 is 10.2 Å². The van der Waals surface area contributed by atoms with Crippen LogP contribution in [0.5, 0.6) is 0 Å². The Balaban J connectivity index is 1.85. The molecule has 2 N–H and O–H groups in total. The fourth-order valence-electron chi connectivity index (χ4n) is 3.02. The van der Waals surface area contributed by atoms with Gasteiger partial charge in [0.05, 0.1) is 11.6 Å². The van der Waals surface area contributed by atoms with Gasteiger partial charge in [0, 0.05) is 24.8 Å². The first-order valence-electron chi connectivity index (χ1n) is 8.38. The van der Waals surface area contributed by atoms with Gasteiger partial charge < -0.3 is 15.3 Å². The van der Waals surface area contributed by atoms with Gasteiger partial charge in [0.1, 0.15) is 6.04 Å². The Labute approximate surface area is 137 Å². The van der Waals surface area contributed by atoms with Crippen LogP contribution in [0, 0.1) is 11.3 Å². The maximum Gasteiger partial charge on any atom is 0.320 e. The van der Waals surface area contributed by atoms with Gasteiger partial charge >= 0.3 is 5.97 Å². The van der Waals surface area contributed by atoms with E-state index in [2.05, 4.69) is 23.2 Å². The molecule has 0 unspecified atom stereocenters. The zero-order valence-electron chi connectivity index (χ0n) is 13.7. The van der Waals surface area contributed by atoms with Gasteiger partial charge in [0.2, 0.25) is 0 Å². The van der Waals surface area contributed by atoms with Crippen LogP contribution in [0.4, 0.5) is 5.69 Å². The lowest BCUT2D eigenvalue weighted by molar-refractivity contribution is -0.140. The van der Waals surface area contributed by atoms with E-state index in [1.807, 2.05) is 24.3 Å². The lowest BCUT2D eigenvalue weighted by atomic mass is 10.0. The minimum atomic E-state index is -0.743. The maximum atomic E-state index is 11.3. The quantitative estimate of drug-likeness (QED) is 0.809. The third-order valence-corrected chi connectivity index (χ3v) is 4.44. The van der Waals surface area contributed by atoms with Crippen LogP contribution in [0.3, 0.4) is 0 Å². The first-order valence-corrected chi connectivity index (χ1v) is 8.38. The largest absolute Gasteiger partial charge is 0.480 e. The summed E-state index contributed by atoms with van der Waals surface area (Å²) in [5.41, 5.74) is 1.80. The lowest BCUT2D eigenvalue weighted by Gasteiger charge is -2.35. The maximum absolute atomic E-state index is 11.3. The highest BCUT2D eigenvalue weighted by Crippen LogP contribution is 2.21. The predicted molar refractivity (Wildman–Crippen MR) is 90.5 cm³/mol. The fourth-order valence-corrected chi connectivity index (χ4v) is 3.02. The number of aliphatic carboxylic acids is 1. The summed E-state index contributed by atoms with van der Waals surface area (Å²) in [6.07, 6.45) is 4.53. The number of hydrogen-bond acceptors (Lipinski definition) is 4. The molecule has 1 saturated heterocycles. The molecule has 0 radical (unpaired) electrons. The Morgan fingerprint density at radius 2 is 2.04 bits per heavy atom. The average molecular weight is 315 g/mol. The topological polar surface area (TPSA) is 76.4 Å². The first-order chi connectivity index (χ1) is 11.1. The van der Waals surface area contributed by atoms with E-state index >= 15 is 0 Å². The number of anilines is 1. The Morgan fingerprint density at radius 3 is 2.57 bits per heavy atom. The third-order valence-electron chi connectivity index (χ3n) is 4.44. The molecule has 0 aliphatic carbocycles. The molecule has 1 fully saturated rings. The number of carbonyl (C=O) groups is 1. The van der Waals surface area contributed by atoms with Crippen molar-refractivity contribution in [3.05, 3.63) is 29.8 Å². The third kappa shape index (κ3) is 4.97. The normalized spacial score (nSPS) is 16.8.